The average molecular weight is 305 g/mol. The van der Waals surface area contributed by atoms with Crippen molar-refractivity contribution in [3.63, 3.8) is 0 Å². The summed E-state index contributed by atoms with van der Waals surface area (Å²) >= 11 is 0. The standard InChI is InChI=1S/C12H17F2N3O2S/c13-10-2-1-3-11(12(10)14)16-20(18,19)9-8-17-6-4-15-5-7-17/h1-3,15-16H,4-9H2. The smallest absolute Gasteiger partial charge is 0.234 e. The van der Waals surface area contributed by atoms with Crippen LogP contribution in [0.25, 0.3) is 0 Å². The van der Waals surface area contributed by atoms with Gasteiger partial charge in [0.25, 0.3) is 0 Å². The lowest BCUT2D eigenvalue weighted by molar-refractivity contribution is 0.254. The molecule has 0 spiro atoms. The lowest BCUT2D eigenvalue weighted by Crippen LogP contribution is -2.45. The average Bonchev–Trinajstić information content (AvgIpc) is 2.43. The monoisotopic (exact) mass is 305 g/mol. The van der Waals surface area contributed by atoms with Gasteiger partial charge in [-0.1, -0.05) is 6.07 Å². The minimum atomic E-state index is -3.69. The van der Waals surface area contributed by atoms with Gasteiger partial charge in [0.1, 0.15) is 0 Å². The summed E-state index contributed by atoms with van der Waals surface area (Å²) in [6.45, 7) is 3.58. The van der Waals surface area contributed by atoms with Gasteiger partial charge in [-0.15, -0.1) is 0 Å². The van der Waals surface area contributed by atoms with Crippen LogP contribution < -0.4 is 10.0 Å². The van der Waals surface area contributed by atoms with Crippen molar-refractivity contribution in [2.45, 2.75) is 0 Å². The van der Waals surface area contributed by atoms with Gasteiger partial charge in [0.15, 0.2) is 11.6 Å². The largest absolute Gasteiger partial charge is 0.314 e. The number of hydrogen-bond acceptors (Lipinski definition) is 4. The van der Waals surface area contributed by atoms with Crippen LogP contribution in [0.2, 0.25) is 0 Å². The molecule has 20 heavy (non-hydrogen) atoms. The van der Waals surface area contributed by atoms with Crippen molar-refractivity contribution in [3.8, 4) is 0 Å². The maximum Gasteiger partial charge on any atom is 0.234 e. The van der Waals surface area contributed by atoms with Crippen LogP contribution >= 0.6 is 0 Å². The topological polar surface area (TPSA) is 61.4 Å². The second-order valence-electron chi connectivity index (χ2n) is 4.61. The van der Waals surface area contributed by atoms with E-state index in [0.717, 1.165) is 32.2 Å². The summed E-state index contributed by atoms with van der Waals surface area (Å²) in [5.41, 5.74) is -0.356. The predicted octanol–water partition coefficient (Wildman–Crippen LogP) is 0.612. The number of benzene rings is 1. The van der Waals surface area contributed by atoms with Crippen molar-refractivity contribution in [1.29, 1.82) is 0 Å². The zero-order chi connectivity index (χ0) is 14.6. The minimum Gasteiger partial charge on any atom is -0.314 e. The Balaban J connectivity index is 1.94. The van der Waals surface area contributed by atoms with Crippen LogP contribution in [0.3, 0.4) is 0 Å². The highest BCUT2D eigenvalue weighted by molar-refractivity contribution is 7.92. The maximum atomic E-state index is 13.4. The van der Waals surface area contributed by atoms with E-state index in [1.165, 1.54) is 12.1 Å². The fourth-order valence-electron chi connectivity index (χ4n) is 1.99. The first kappa shape index (κ1) is 15.1. The molecule has 1 fully saturated rings. The summed E-state index contributed by atoms with van der Waals surface area (Å²) in [7, 11) is -3.69. The van der Waals surface area contributed by atoms with E-state index in [1.807, 2.05) is 4.90 Å². The first-order valence-electron chi connectivity index (χ1n) is 6.35. The second-order valence-corrected chi connectivity index (χ2v) is 6.46. The zero-order valence-electron chi connectivity index (χ0n) is 10.9. The van der Waals surface area contributed by atoms with Crippen molar-refractivity contribution in [2.24, 2.45) is 0 Å². The van der Waals surface area contributed by atoms with Gasteiger partial charge >= 0.3 is 0 Å². The van der Waals surface area contributed by atoms with Crippen LogP contribution in [-0.4, -0.2) is 51.8 Å². The highest BCUT2D eigenvalue weighted by Gasteiger charge is 2.18. The van der Waals surface area contributed by atoms with Gasteiger partial charge in [-0.05, 0) is 12.1 Å². The van der Waals surface area contributed by atoms with E-state index in [2.05, 4.69) is 10.0 Å². The van der Waals surface area contributed by atoms with Crippen molar-refractivity contribution in [2.75, 3.05) is 43.2 Å². The molecule has 2 rings (SSSR count). The normalized spacial score (nSPS) is 17.1. The van der Waals surface area contributed by atoms with Gasteiger partial charge in [-0.25, -0.2) is 17.2 Å². The van der Waals surface area contributed by atoms with Gasteiger partial charge < -0.3 is 5.32 Å². The number of anilines is 1. The summed E-state index contributed by atoms with van der Waals surface area (Å²) in [5, 5.41) is 3.17. The number of nitrogens with zero attached hydrogens (tertiary/aromatic N) is 1. The molecule has 1 aromatic rings. The molecule has 0 amide bonds. The Morgan fingerprint density at radius 1 is 1.25 bits per heavy atom. The first-order chi connectivity index (χ1) is 9.48. The Labute approximate surface area is 117 Å². The number of halogens is 2. The first-order valence-corrected chi connectivity index (χ1v) is 8.01. The quantitative estimate of drug-likeness (QED) is 0.837. The van der Waals surface area contributed by atoms with E-state index >= 15 is 0 Å². The van der Waals surface area contributed by atoms with Crippen LogP contribution in [0.1, 0.15) is 0 Å². The lowest BCUT2D eigenvalue weighted by Gasteiger charge is -2.26. The molecule has 1 heterocycles. The van der Waals surface area contributed by atoms with Crippen LogP contribution in [-0.2, 0) is 10.0 Å². The molecule has 0 aliphatic carbocycles. The molecule has 0 bridgehead atoms. The van der Waals surface area contributed by atoms with Gasteiger partial charge in [0.2, 0.25) is 10.0 Å². The van der Waals surface area contributed by atoms with Crippen molar-refractivity contribution < 1.29 is 17.2 Å². The highest BCUT2D eigenvalue weighted by atomic mass is 32.2. The van der Waals surface area contributed by atoms with E-state index in [1.54, 1.807) is 0 Å². The van der Waals surface area contributed by atoms with Crippen LogP contribution in [0.5, 0.6) is 0 Å². The van der Waals surface area contributed by atoms with Crippen LogP contribution in [0.15, 0.2) is 18.2 Å². The molecular weight excluding hydrogens is 288 g/mol. The molecule has 0 radical (unpaired) electrons. The molecule has 1 saturated heterocycles. The molecule has 0 saturated carbocycles. The third-order valence-corrected chi connectivity index (χ3v) is 4.35. The fourth-order valence-corrected chi connectivity index (χ4v) is 3.08. The number of rotatable bonds is 5. The molecule has 2 N–H and O–H groups in total. The van der Waals surface area contributed by atoms with Gasteiger partial charge in [-0.2, -0.15) is 0 Å². The molecule has 1 aromatic carbocycles. The zero-order valence-corrected chi connectivity index (χ0v) is 11.7. The molecule has 0 unspecified atom stereocenters. The van der Waals surface area contributed by atoms with Crippen molar-refractivity contribution in [1.82, 2.24) is 10.2 Å². The van der Waals surface area contributed by atoms with Crippen molar-refractivity contribution >= 4 is 15.7 Å². The van der Waals surface area contributed by atoms with Crippen molar-refractivity contribution in [3.05, 3.63) is 29.8 Å². The Kier molecular flexibility index (Phi) is 4.90. The number of hydrogen-bond donors (Lipinski definition) is 2. The van der Waals surface area contributed by atoms with E-state index < -0.39 is 21.7 Å². The molecule has 1 aliphatic heterocycles. The van der Waals surface area contributed by atoms with E-state index in [-0.39, 0.29) is 11.4 Å². The SMILES string of the molecule is O=S(=O)(CCN1CCNCC1)Nc1cccc(F)c1F. The number of sulfonamides is 1. The molecule has 8 heteroatoms. The highest BCUT2D eigenvalue weighted by Crippen LogP contribution is 2.17. The van der Waals surface area contributed by atoms with Gasteiger partial charge in [-0.3, -0.25) is 9.62 Å². The molecule has 5 nitrogen and oxygen atoms in total. The Bertz CT molecular complexity index is 560. The maximum absolute atomic E-state index is 13.4. The van der Waals surface area contributed by atoms with E-state index in [4.69, 9.17) is 0 Å². The molecular formula is C12H17F2N3O2S. The van der Waals surface area contributed by atoms with Crippen LogP contribution in [0.4, 0.5) is 14.5 Å². The summed E-state index contributed by atoms with van der Waals surface area (Å²) in [6, 6.07) is 3.39. The molecule has 112 valence electrons. The van der Waals surface area contributed by atoms with Crippen LogP contribution in [0, 0.1) is 11.6 Å². The second kappa shape index (κ2) is 6.47. The number of nitrogens with one attached hydrogen (secondary N) is 2. The van der Waals surface area contributed by atoms with Gasteiger partial charge in [0.05, 0.1) is 11.4 Å². The summed E-state index contributed by atoms with van der Waals surface area (Å²) in [5.74, 6) is -2.41. The lowest BCUT2D eigenvalue weighted by atomic mass is 10.3. The Morgan fingerprint density at radius 2 is 1.95 bits per heavy atom. The third-order valence-electron chi connectivity index (χ3n) is 3.10. The Hall–Kier alpha value is -1.25. The fraction of sp³-hybridized carbons (Fsp3) is 0.500. The molecule has 0 atom stereocenters. The summed E-state index contributed by atoms with van der Waals surface area (Å²) in [4.78, 5) is 2.01. The molecule has 1 aliphatic rings. The number of piperazine rings is 1. The third kappa shape index (κ3) is 4.12. The molecule has 0 aromatic heterocycles. The minimum absolute atomic E-state index is 0.150. The van der Waals surface area contributed by atoms with E-state index in [9.17, 15) is 17.2 Å². The summed E-state index contributed by atoms with van der Waals surface area (Å²) in [6.07, 6.45) is 0. The Morgan fingerprint density at radius 3 is 2.65 bits per heavy atom. The van der Waals surface area contributed by atoms with Gasteiger partial charge in [0, 0.05) is 32.7 Å². The predicted molar refractivity (Wildman–Crippen MR) is 73.1 cm³/mol. The summed E-state index contributed by atoms with van der Waals surface area (Å²) < 4.78 is 52.2. The van der Waals surface area contributed by atoms with E-state index in [0.29, 0.717) is 6.54 Å².